The molecular formula is C21H27FN2O3. The van der Waals surface area contributed by atoms with Gasteiger partial charge in [0, 0.05) is 18.5 Å². The lowest BCUT2D eigenvalue weighted by Crippen LogP contribution is -2.30. The second-order valence-corrected chi connectivity index (χ2v) is 8.13. The van der Waals surface area contributed by atoms with Crippen LogP contribution in [0.2, 0.25) is 0 Å². The number of nitrogens with zero attached hydrogens (tertiary/aromatic N) is 1. The van der Waals surface area contributed by atoms with Crippen LogP contribution in [0, 0.1) is 17.2 Å². The zero-order valence-electron chi connectivity index (χ0n) is 16.2. The number of hydrogen-bond acceptors (Lipinski definition) is 4. The molecule has 5 nitrogen and oxygen atoms in total. The molecule has 0 spiro atoms. The highest BCUT2D eigenvalue weighted by molar-refractivity contribution is 5.93. The van der Waals surface area contributed by atoms with Crippen LogP contribution in [0.3, 0.4) is 0 Å². The molecule has 0 radical (unpaired) electrons. The maximum absolute atomic E-state index is 13.5. The number of ether oxygens (including phenoxy) is 1. The Labute approximate surface area is 159 Å². The molecule has 1 atom stereocenters. The fourth-order valence-electron chi connectivity index (χ4n) is 3.42. The lowest BCUT2D eigenvalue weighted by Gasteiger charge is -2.33. The summed E-state index contributed by atoms with van der Waals surface area (Å²) in [6, 6.07) is 6.28. The second-order valence-electron chi connectivity index (χ2n) is 8.13. The van der Waals surface area contributed by atoms with Gasteiger partial charge in [-0.3, -0.25) is 4.79 Å². The van der Waals surface area contributed by atoms with Gasteiger partial charge < -0.3 is 14.6 Å². The number of fused-ring (bicyclic) bond motifs is 1. The van der Waals surface area contributed by atoms with Crippen LogP contribution < -0.4 is 10.1 Å². The molecular weight excluding hydrogens is 347 g/mol. The molecule has 0 bridgehead atoms. The van der Waals surface area contributed by atoms with E-state index < -0.39 is 0 Å². The van der Waals surface area contributed by atoms with Crippen LogP contribution in [0.5, 0.6) is 5.75 Å². The number of hydrogen-bond donors (Lipinski definition) is 1. The third kappa shape index (κ3) is 4.67. The average Bonchev–Trinajstić information content (AvgIpc) is 3.05. The van der Waals surface area contributed by atoms with Gasteiger partial charge in [-0.1, -0.05) is 38.1 Å². The first-order valence-electron chi connectivity index (χ1n) is 9.49. The number of nitrogens with one attached hydrogen (secondary N) is 1. The molecule has 2 aromatic rings. The Hall–Kier alpha value is -2.37. The van der Waals surface area contributed by atoms with E-state index in [1.807, 2.05) is 0 Å². The molecule has 1 aliphatic rings. The molecule has 0 aliphatic heterocycles. The second kappa shape index (κ2) is 8.11. The monoisotopic (exact) mass is 374 g/mol. The van der Waals surface area contributed by atoms with Gasteiger partial charge in [-0.15, -0.1) is 0 Å². The van der Waals surface area contributed by atoms with Gasteiger partial charge >= 0.3 is 0 Å². The van der Waals surface area contributed by atoms with Crippen molar-refractivity contribution in [2.75, 3.05) is 13.2 Å². The number of para-hydroxylation sites is 1. The first-order chi connectivity index (χ1) is 12.9. The molecule has 27 heavy (non-hydrogen) atoms. The molecule has 1 aromatic heterocycles. The van der Waals surface area contributed by atoms with Crippen LogP contribution in [-0.4, -0.2) is 24.2 Å². The van der Waals surface area contributed by atoms with E-state index in [0.29, 0.717) is 31.2 Å². The minimum absolute atomic E-state index is 0.187. The molecule has 0 saturated carbocycles. The first kappa shape index (κ1) is 19.4. The summed E-state index contributed by atoms with van der Waals surface area (Å²) in [6.45, 7) is 7.43. The maximum atomic E-state index is 13.5. The van der Waals surface area contributed by atoms with E-state index >= 15 is 0 Å². The van der Waals surface area contributed by atoms with Crippen LogP contribution in [0.25, 0.3) is 0 Å². The molecule has 0 fully saturated rings. The van der Waals surface area contributed by atoms with Crippen molar-refractivity contribution in [1.29, 1.82) is 0 Å². The Bertz CT molecular complexity index is 795. The third-order valence-electron chi connectivity index (χ3n) is 5.18. The fraction of sp³-hybridized carbons (Fsp3) is 0.524. The van der Waals surface area contributed by atoms with Crippen molar-refractivity contribution in [3.05, 3.63) is 47.1 Å². The highest BCUT2D eigenvalue weighted by atomic mass is 19.1. The van der Waals surface area contributed by atoms with Crippen molar-refractivity contribution in [2.24, 2.45) is 11.3 Å². The highest BCUT2D eigenvalue weighted by Crippen LogP contribution is 2.38. The quantitative estimate of drug-likeness (QED) is 0.771. The molecule has 1 N–H and O–H groups in total. The van der Waals surface area contributed by atoms with Crippen LogP contribution in [0.1, 0.15) is 55.4 Å². The Morgan fingerprint density at radius 3 is 2.89 bits per heavy atom. The van der Waals surface area contributed by atoms with Crippen molar-refractivity contribution in [3.8, 4) is 5.75 Å². The first-order valence-corrected chi connectivity index (χ1v) is 9.49. The summed E-state index contributed by atoms with van der Waals surface area (Å²) in [5.41, 5.74) is 1.53. The van der Waals surface area contributed by atoms with E-state index in [1.165, 1.54) is 6.07 Å². The number of benzene rings is 1. The molecule has 1 heterocycles. The number of aromatic nitrogens is 1. The van der Waals surface area contributed by atoms with Gasteiger partial charge in [0.05, 0.1) is 6.61 Å². The minimum atomic E-state index is -0.385. The average molecular weight is 374 g/mol. The highest BCUT2D eigenvalue weighted by Gasteiger charge is 2.34. The van der Waals surface area contributed by atoms with Gasteiger partial charge in [-0.25, -0.2) is 4.39 Å². The van der Waals surface area contributed by atoms with Gasteiger partial charge in [0.25, 0.3) is 5.91 Å². The molecule has 6 heteroatoms. The minimum Gasteiger partial charge on any atom is -0.490 e. The Kier molecular flexibility index (Phi) is 5.82. The van der Waals surface area contributed by atoms with Crippen molar-refractivity contribution in [1.82, 2.24) is 10.5 Å². The van der Waals surface area contributed by atoms with Gasteiger partial charge in [0.1, 0.15) is 5.76 Å². The number of carbonyl (C=O) groups excluding carboxylic acids is 1. The van der Waals surface area contributed by atoms with Gasteiger partial charge in [0.15, 0.2) is 17.3 Å². The number of halogens is 1. The van der Waals surface area contributed by atoms with Crippen molar-refractivity contribution >= 4 is 5.91 Å². The molecule has 3 rings (SSSR count). The summed E-state index contributed by atoms with van der Waals surface area (Å²) >= 11 is 0. The van der Waals surface area contributed by atoms with Gasteiger partial charge in [-0.2, -0.15) is 0 Å². The predicted molar refractivity (Wildman–Crippen MR) is 100 cm³/mol. The SMILES string of the molecule is CC(C)(C)C1CCc2onc(C(=O)NCCCOc3ccccc3F)c2C1. The number of amides is 1. The molecule has 1 amide bonds. The standard InChI is InChI=1S/C21H27FN2O3/c1-21(2,3)14-9-10-17-15(13-14)19(24-27-17)20(25)23-11-6-12-26-18-8-5-4-7-16(18)22/h4-5,7-8,14H,6,9-13H2,1-3H3,(H,23,25). The molecule has 1 aliphatic carbocycles. The third-order valence-corrected chi connectivity index (χ3v) is 5.18. The normalized spacial score (nSPS) is 16.7. The van der Waals surface area contributed by atoms with Crippen molar-refractivity contribution in [2.45, 2.75) is 46.5 Å². The molecule has 146 valence electrons. The summed E-state index contributed by atoms with van der Waals surface area (Å²) in [5.74, 6) is 0.959. The zero-order chi connectivity index (χ0) is 19.4. The number of carbonyl (C=O) groups is 1. The molecule has 1 aromatic carbocycles. The van der Waals surface area contributed by atoms with Crippen LogP contribution in [0.15, 0.2) is 28.8 Å². The van der Waals surface area contributed by atoms with Gasteiger partial charge in [-0.05, 0) is 42.7 Å². The maximum Gasteiger partial charge on any atom is 0.273 e. The van der Waals surface area contributed by atoms with E-state index in [1.54, 1.807) is 18.2 Å². The fourth-order valence-corrected chi connectivity index (χ4v) is 3.42. The van der Waals surface area contributed by atoms with Crippen LogP contribution in [0.4, 0.5) is 4.39 Å². The summed E-state index contributed by atoms with van der Waals surface area (Å²) in [5, 5.41) is 6.86. The van der Waals surface area contributed by atoms with E-state index in [-0.39, 0.29) is 22.9 Å². The van der Waals surface area contributed by atoms with Gasteiger partial charge in [0.2, 0.25) is 0 Å². The van der Waals surface area contributed by atoms with Crippen molar-refractivity contribution in [3.63, 3.8) is 0 Å². The zero-order valence-corrected chi connectivity index (χ0v) is 16.2. The summed E-state index contributed by atoms with van der Waals surface area (Å²) in [7, 11) is 0. The van der Waals surface area contributed by atoms with Crippen molar-refractivity contribution < 1.29 is 18.4 Å². The smallest absolute Gasteiger partial charge is 0.273 e. The Morgan fingerprint density at radius 2 is 2.15 bits per heavy atom. The lowest BCUT2D eigenvalue weighted by atomic mass is 9.71. The molecule has 1 unspecified atom stereocenters. The molecule has 0 saturated heterocycles. The van der Waals surface area contributed by atoms with E-state index in [4.69, 9.17) is 9.26 Å². The van der Waals surface area contributed by atoms with E-state index in [2.05, 4.69) is 31.2 Å². The largest absolute Gasteiger partial charge is 0.490 e. The Balaban J connectivity index is 1.50. The summed E-state index contributed by atoms with van der Waals surface area (Å²) in [4.78, 5) is 12.5. The Morgan fingerprint density at radius 1 is 1.37 bits per heavy atom. The number of rotatable bonds is 6. The van der Waals surface area contributed by atoms with E-state index in [9.17, 15) is 9.18 Å². The lowest BCUT2D eigenvalue weighted by molar-refractivity contribution is 0.0941. The topological polar surface area (TPSA) is 64.4 Å². The van der Waals surface area contributed by atoms with E-state index in [0.717, 1.165) is 30.6 Å². The van der Waals surface area contributed by atoms with Crippen LogP contribution in [-0.2, 0) is 12.8 Å². The van der Waals surface area contributed by atoms with Crippen LogP contribution >= 0.6 is 0 Å². The summed E-state index contributed by atoms with van der Waals surface area (Å²) in [6.07, 6.45) is 3.28. The summed E-state index contributed by atoms with van der Waals surface area (Å²) < 4.78 is 24.3. The predicted octanol–water partition coefficient (Wildman–Crippen LogP) is 4.16. The number of aryl methyl sites for hydroxylation is 1.